The number of nitrogen functional groups attached to an aromatic ring is 1. The van der Waals surface area contributed by atoms with Gasteiger partial charge in [-0.2, -0.15) is 5.26 Å². The van der Waals surface area contributed by atoms with E-state index in [0.717, 1.165) is 31.9 Å². The van der Waals surface area contributed by atoms with E-state index in [1.165, 1.54) is 0 Å². The molecule has 1 rings (SSSR count). The topological polar surface area (TPSA) is 71.1 Å². The lowest BCUT2D eigenvalue weighted by molar-refractivity contribution is 0.110. The van der Waals surface area contributed by atoms with Crippen molar-refractivity contribution in [3.8, 4) is 6.07 Å². The van der Waals surface area contributed by atoms with Crippen LogP contribution >= 0.6 is 0 Å². The summed E-state index contributed by atoms with van der Waals surface area (Å²) in [6.07, 6.45) is 0.920. The molecule has 0 radical (unpaired) electrons. The summed E-state index contributed by atoms with van der Waals surface area (Å²) in [5, 5.41) is 12.1. The molecule has 0 amide bonds. The molecule has 0 unspecified atom stereocenters. The fourth-order valence-electron chi connectivity index (χ4n) is 1.53. The van der Waals surface area contributed by atoms with Crippen molar-refractivity contribution >= 4 is 11.4 Å². The number of nitrogens with one attached hydrogen (secondary N) is 1. The highest BCUT2D eigenvalue weighted by Crippen LogP contribution is 2.21. The summed E-state index contributed by atoms with van der Waals surface area (Å²) in [6.45, 7) is 6.59. The van der Waals surface area contributed by atoms with E-state index in [2.05, 4.69) is 25.2 Å². The van der Waals surface area contributed by atoms with Crippen LogP contribution in [0, 0.1) is 17.2 Å². The Labute approximate surface area is 109 Å². The van der Waals surface area contributed by atoms with E-state index in [4.69, 9.17) is 15.7 Å². The Morgan fingerprint density at radius 3 is 2.89 bits per heavy atom. The first kappa shape index (κ1) is 14.3. The minimum Gasteiger partial charge on any atom is -0.396 e. The van der Waals surface area contributed by atoms with Crippen molar-refractivity contribution in [3.05, 3.63) is 23.8 Å². The highest BCUT2D eigenvalue weighted by Gasteiger charge is 2.03. The van der Waals surface area contributed by atoms with Crippen LogP contribution in [0.15, 0.2) is 18.2 Å². The van der Waals surface area contributed by atoms with Crippen LogP contribution in [-0.2, 0) is 4.74 Å². The average Bonchev–Trinajstić information content (AvgIpc) is 2.35. The van der Waals surface area contributed by atoms with Gasteiger partial charge in [0.15, 0.2) is 0 Å². The van der Waals surface area contributed by atoms with E-state index in [9.17, 15) is 0 Å². The number of rotatable bonds is 7. The first-order valence-corrected chi connectivity index (χ1v) is 6.25. The van der Waals surface area contributed by atoms with Crippen molar-refractivity contribution in [3.63, 3.8) is 0 Å². The molecule has 0 aliphatic rings. The second-order valence-corrected chi connectivity index (χ2v) is 4.63. The van der Waals surface area contributed by atoms with E-state index in [1.54, 1.807) is 6.07 Å². The maximum atomic E-state index is 8.86. The number of hydrogen-bond donors (Lipinski definition) is 2. The van der Waals surface area contributed by atoms with Crippen LogP contribution in [0.4, 0.5) is 11.4 Å². The molecule has 0 bridgehead atoms. The zero-order valence-corrected chi connectivity index (χ0v) is 11.1. The van der Waals surface area contributed by atoms with Gasteiger partial charge in [-0.25, -0.2) is 0 Å². The van der Waals surface area contributed by atoms with Crippen LogP contribution < -0.4 is 11.1 Å². The quantitative estimate of drug-likeness (QED) is 0.574. The summed E-state index contributed by atoms with van der Waals surface area (Å²) in [7, 11) is 0. The molecule has 0 heterocycles. The first-order chi connectivity index (χ1) is 8.65. The van der Waals surface area contributed by atoms with Gasteiger partial charge in [-0.05, 0) is 24.5 Å². The van der Waals surface area contributed by atoms with Crippen LogP contribution in [0.25, 0.3) is 0 Å². The molecule has 0 aromatic heterocycles. The summed E-state index contributed by atoms with van der Waals surface area (Å²) in [5.74, 6) is 0.570. The monoisotopic (exact) mass is 247 g/mol. The Morgan fingerprint density at radius 1 is 1.44 bits per heavy atom. The Hall–Kier alpha value is -1.73. The first-order valence-electron chi connectivity index (χ1n) is 6.25. The largest absolute Gasteiger partial charge is 0.396 e. The molecule has 0 aliphatic carbocycles. The molecule has 0 atom stereocenters. The summed E-state index contributed by atoms with van der Waals surface area (Å²) in [4.78, 5) is 0. The van der Waals surface area contributed by atoms with E-state index in [-0.39, 0.29) is 0 Å². The molecule has 0 spiro atoms. The number of nitrogens with zero attached hydrogens (tertiary/aromatic N) is 1. The molecular weight excluding hydrogens is 226 g/mol. The number of benzene rings is 1. The van der Waals surface area contributed by atoms with Crippen molar-refractivity contribution in [2.24, 2.45) is 5.92 Å². The van der Waals surface area contributed by atoms with E-state index in [1.807, 2.05) is 12.1 Å². The number of hydrogen-bond acceptors (Lipinski definition) is 4. The highest BCUT2D eigenvalue weighted by molar-refractivity contribution is 5.72. The fourth-order valence-corrected chi connectivity index (χ4v) is 1.53. The van der Waals surface area contributed by atoms with E-state index < -0.39 is 0 Å². The third kappa shape index (κ3) is 4.64. The molecule has 18 heavy (non-hydrogen) atoms. The lowest BCUT2D eigenvalue weighted by Gasteiger charge is -2.11. The lowest BCUT2D eigenvalue weighted by atomic mass is 10.1. The van der Waals surface area contributed by atoms with Gasteiger partial charge in [0.1, 0.15) is 6.07 Å². The molecule has 98 valence electrons. The minimum atomic E-state index is 0.510. The summed E-state index contributed by atoms with van der Waals surface area (Å²) in [6, 6.07) is 7.49. The zero-order valence-electron chi connectivity index (χ0n) is 11.1. The smallest absolute Gasteiger partial charge is 0.101 e. The maximum absolute atomic E-state index is 8.86. The van der Waals surface area contributed by atoms with Gasteiger partial charge < -0.3 is 15.8 Å². The number of ether oxygens (including phenoxy) is 1. The highest BCUT2D eigenvalue weighted by atomic mass is 16.5. The van der Waals surface area contributed by atoms with Gasteiger partial charge in [-0.15, -0.1) is 0 Å². The third-order valence-corrected chi connectivity index (χ3v) is 2.46. The predicted molar refractivity (Wildman–Crippen MR) is 74.3 cm³/mol. The maximum Gasteiger partial charge on any atom is 0.101 e. The van der Waals surface area contributed by atoms with Crippen LogP contribution in [-0.4, -0.2) is 19.8 Å². The van der Waals surface area contributed by atoms with Gasteiger partial charge in [-0.3, -0.25) is 0 Å². The summed E-state index contributed by atoms with van der Waals surface area (Å²) in [5.41, 5.74) is 7.70. The molecule has 1 aromatic carbocycles. The Balaban J connectivity index is 2.30. The number of para-hydroxylation sites is 1. The molecule has 0 aliphatic heterocycles. The summed E-state index contributed by atoms with van der Waals surface area (Å²) < 4.78 is 5.48. The third-order valence-electron chi connectivity index (χ3n) is 2.46. The second-order valence-electron chi connectivity index (χ2n) is 4.63. The van der Waals surface area contributed by atoms with E-state index in [0.29, 0.717) is 17.2 Å². The van der Waals surface area contributed by atoms with Gasteiger partial charge in [0, 0.05) is 19.8 Å². The van der Waals surface area contributed by atoms with Crippen molar-refractivity contribution in [2.75, 3.05) is 30.8 Å². The van der Waals surface area contributed by atoms with Gasteiger partial charge >= 0.3 is 0 Å². The summed E-state index contributed by atoms with van der Waals surface area (Å²) >= 11 is 0. The fraction of sp³-hybridized carbons (Fsp3) is 0.500. The molecule has 1 aromatic rings. The Bertz CT molecular complexity index is 410. The van der Waals surface area contributed by atoms with Crippen molar-refractivity contribution < 1.29 is 4.74 Å². The minimum absolute atomic E-state index is 0.510. The Kier molecular flexibility index (Phi) is 6.03. The molecule has 3 N–H and O–H groups in total. The molecule has 0 saturated carbocycles. The van der Waals surface area contributed by atoms with Gasteiger partial charge in [0.05, 0.1) is 16.9 Å². The molecule has 0 fully saturated rings. The predicted octanol–water partition coefficient (Wildman–Crippen LogP) is 2.62. The average molecular weight is 247 g/mol. The standard InChI is InChI=1S/C14H21N3O/c1-11(2)10-18-8-4-7-17-13-6-3-5-12(9-15)14(13)16/h3,5-6,11,17H,4,7-8,10,16H2,1-2H3. The molecule has 0 saturated heterocycles. The van der Waals surface area contributed by atoms with Crippen LogP contribution in [0.3, 0.4) is 0 Å². The SMILES string of the molecule is CC(C)COCCCNc1cccc(C#N)c1N. The van der Waals surface area contributed by atoms with Crippen LogP contribution in [0.5, 0.6) is 0 Å². The number of nitriles is 1. The number of nitrogens with two attached hydrogens (primary N) is 1. The van der Waals surface area contributed by atoms with Crippen molar-refractivity contribution in [2.45, 2.75) is 20.3 Å². The normalized spacial score (nSPS) is 10.3. The van der Waals surface area contributed by atoms with E-state index >= 15 is 0 Å². The van der Waals surface area contributed by atoms with Crippen LogP contribution in [0.2, 0.25) is 0 Å². The molecular formula is C14H21N3O. The second kappa shape index (κ2) is 7.57. The van der Waals surface area contributed by atoms with Crippen LogP contribution in [0.1, 0.15) is 25.8 Å². The van der Waals surface area contributed by atoms with Gasteiger partial charge in [0.2, 0.25) is 0 Å². The van der Waals surface area contributed by atoms with Gasteiger partial charge in [0.25, 0.3) is 0 Å². The lowest BCUT2D eigenvalue weighted by Crippen LogP contribution is -2.09. The number of anilines is 2. The van der Waals surface area contributed by atoms with Gasteiger partial charge in [-0.1, -0.05) is 19.9 Å². The molecule has 4 nitrogen and oxygen atoms in total. The van der Waals surface area contributed by atoms with Crippen molar-refractivity contribution in [1.82, 2.24) is 0 Å². The Morgan fingerprint density at radius 2 is 2.22 bits per heavy atom. The van der Waals surface area contributed by atoms with Crippen molar-refractivity contribution in [1.29, 1.82) is 5.26 Å². The zero-order chi connectivity index (χ0) is 13.4. The molecule has 4 heteroatoms.